The van der Waals surface area contributed by atoms with Crippen molar-refractivity contribution in [2.75, 3.05) is 26.2 Å². The summed E-state index contributed by atoms with van der Waals surface area (Å²) in [4.78, 5) is 32.6. The zero-order chi connectivity index (χ0) is 17.2. The molecule has 3 aromatic rings. The topological polar surface area (TPSA) is 66.7 Å². The molecule has 1 aromatic carbocycles. The van der Waals surface area contributed by atoms with E-state index < -0.39 is 0 Å². The van der Waals surface area contributed by atoms with Gasteiger partial charge in [0.15, 0.2) is 4.96 Å². The molecule has 0 unspecified atom stereocenters. The van der Waals surface area contributed by atoms with Crippen molar-refractivity contribution in [3.63, 3.8) is 0 Å². The maximum Gasteiger partial charge on any atom is 0.261 e. The van der Waals surface area contributed by atoms with Gasteiger partial charge in [-0.1, -0.05) is 29.9 Å². The van der Waals surface area contributed by atoms with Crippen LogP contribution in [0.15, 0.2) is 35.1 Å². The number of amides is 1. The van der Waals surface area contributed by atoms with Crippen LogP contribution >= 0.6 is 11.3 Å². The van der Waals surface area contributed by atoms with Crippen molar-refractivity contribution in [3.8, 4) is 0 Å². The lowest BCUT2D eigenvalue weighted by atomic mass is 10.1. The minimum absolute atomic E-state index is 0.200. The van der Waals surface area contributed by atoms with Crippen molar-refractivity contribution in [2.45, 2.75) is 19.3 Å². The van der Waals surface area contributed by atoms with E-state index in [4.69, 9.17) is 0 Å². The second kappa shape index (κ2) is 6.93. The highest BCUT2D eigenvalue weighted by molar-refractivity contribution is 7.18. The van der Waals surface area contributed by atoms with E-state index in [0.717, 1.165) is 30.7 Å². The van der Waals surface area contributed by atoms with Crippen molar-refractivity contribution < 1.29 is 4.79 Å². The zero-order valence-electron chi connectivity index (χ0n) is 13.9. The number of carbonyl (C=O) groups is 1. The van der Waals surface area contributed by atoms with Gasteiger partial charge in [-0.15, -0.1) is 0 Å². The number of rotatable bonds is 4. The molecule has 1 saturated heterocycles. The van der Waals surface area contributed by atoms with E-state index in [1.165, 1.54) is 36.7 Å². The molecular formula is C18H20N4O2S. The van der Waals surface area contributed by atoms with Gasteiger partial charge in [-0.2, -0.15) is 0 Å². The first-order valence-corrected chi connectivity index (χ1v) is 9.46. The number of fused-ring (bicyclic) bond motifs is 3. The quantitative estimate of drug-likeness (QED) is 0.778. The van der Waals surface area contributed by atoms with E-state index in [2.05, 4.69) is 15.2 Å². The Morgan fingerprint density at radius 1 is 1.20 bits per heavy atom. The van der Waals surface area contributed by atoms with E-state index in [0.29, 0.717) is 16.4 Å². The number of likely N-dealkylation sites (tertiary alicyclic amines) is 1. The van der Waals surface area contributed by atoms with Crippen LogP contribution in [-0.2, 0) is 0 Å². The van der Waals surface area contributed by atoms with Gasteiger partial charge in [0.25, 0.3) is 11.5 Å². The largest absolute Gasteiger partial charge is 0.350 e. The lowest BCUT2D eigenvalue weighted by Gasteiger charge is -2.26. The molecule has 1 aliphatic heterocycles. The maximum absolute atomic E-state index is 12.4. The molecule has 130 valence electrons. The molecule has 2 aromatic heterocycles. The molecule has 6 nitrogen and oxygen atoms in total. The molecule has 0 spiro atoms. The molecule has 1 fully saturated rings. The Morgan fingerprint density at radius 2 is 2.00 bits per heavy atom. The molecule has 0 saturated carbocycles. The number of hydrogen-bond donors (Lipinski definition) is 1. The number of aromatic nitrogens is 2. The molecule has 1 N–H and O–H groups in total. The number of carbonyl (C=O) groups excluding carboxylic acids is 1. The third-order valence-corrected chi connectivity index (χ3v) is 5.57. The fraction of sp³-hybridized carbons (Fsp3) is 0.389. The molecule has 7 heteroatoms. The lowest BCUT2D eigenvalue weighted by molar-refractivity contribution is 0.0950. The fourth-order valence-corrected chi connectivity index (χ4v) is 4.24. The molecular weight excluding hydrogens is 336 g/mol. The van der Waals surface area contributed by atoms with Crippen molar-refractivity contribution in [1.29, 1.82) is 0 Å². The van der Waals surface area contributed by atoms with E-state index in [-0.39, 0.29) is 11.5 Å². The van der Waals surface area contributed by atoms with Crippen molar-refractivity contribution in [2.24, 2.45) is 0 Å². The Labute approximate surface area is 149 Å². The average molecular weight is 356 g/mol. The first-order valence-electron chi connectivity index (χ1n) is 8.64. The number of nitrogens with one attached hydrogen (secondary N) is 1. The van der Waals surface area contributed by atoms with E-state index in [1.807, 2.05) is 24.3 Å². The molecule has 0 aliphatic carbocycles. The summed E-state index contributed by atoms with van der Waals surface area (Å²) in [6.45, 7) is 3.67. The van der Waals surface area contributed by atoms with Crippen LogP contribution in [0.25, 0.3) is 16.0 Å². The number of benzene rings is 1. The van der Waals surface area contributed by atoms with E-state index in [1.54, 1.807) is 4.40 Å². The van der Waals surface area contributed by atoms with Crippen LogP contribution in [0.2, 0.25) is 0 Å². The third kappa shape index (κ3) is 3.29. The highest BCUT2D eigenvalue weighted by Crippen LogP contribution is 2.19. The van der Waals surface area contributed by atoms with Crippen molar-refractivity contribution >= 4 is 33.2 Å². The van der Waals surface area contributed by atoms with Gasteiger partial charge in [0.2, 0.25) is 0 Å². The second-order valence-corrected chi connectivity index (χ2v) is 7.33. The van der Waals surface area contributed by atoms with Crippen LogP contribution in [0.1, 0.15) is 28.9 Å². The normalized spacial score (nSPS) is 15.7. The average Bonchev–Trinajstić information content (AvgIpc) is 3.01. The number of piperidine rings is 1. The Morgan fingerprint density at radius 3 is 2.84 bits per heavy atom. The monoisotopic (exact) mass is 356 g/mol. The van der Waals surface area contributed by atoms with Crippen LogP contribution in [0.5, 0.6) is 0 Å². The summed E-state index contributed by atoms with van der Waals surface area (Å²) in [6, 6.07) is 8.90. The Balaban J connectivity index is 1.51. The van der Waals surface area contributed by atoms with Gasteiger partial charge in [0, 0.05) is 19.2 Å². The summed E-state index contributed by atoms with van der Waals surface area (Å²) < 4.78 is 1.56. The van der Waals surface area contributed by atoms with Gasteiger partial charge in [-0.05, 0) is 38.1 Å². The Kier molecular flexibility index (Phi) is 4.50. The predicted octanol–water partition coefficient (Wildman–Crippen LogP) is 2.12. The summed E-state index contributed by atoms with van der Waals surface area (Å²) in [5, 5.41) is 2.93. The van der Waals surface area contributed by atoms with Crippen LogP contribution < -0.4 is 10.9 Å². The van der Waals surface area contributed by atoms with Gasteiger partial charge in [-0.25, -0.2) is 4.98 Å². The standard InChI is InChI=1S/C18H20N4O2S/c23-16-12-15(17(24)19-8-11-21-9-4-1-5-10-21)25-18-20-13-6-2-3-7-14(13)22(16)18/h2-3,6-7,12H,1,4-5,8-11H2,(H,19,24). The summed E-state index contributed by atoms with van der Waals surface area (Å²) in [5.74, 6) is -0.200. The SMILES string of the molecule is O=C(NCCN1CCCCC1)c1cc(=O)n2c(nc3ccccc32)s1. The first kappa shape index (κ1) is 16.2. The van der Waals surface area contributed by atoms with Crippen molar-refractivity contribution in [3.05, 3.63) is 45.6 Å². The minimum atomic E-state index is -0.219. The van der Waals surface area contributed by atoms with Gasteiger partial charge in [0.05, 0.1) is 11.0 Å². The maximum atomic E-state index is 12.4. The highest BCUT2D eigenvalue weighted by atomic mass is 32.1. The molecule has 4 rings (SSSR count). The molecule has 0 atom stereocenters. The molecule has 25 heavy (non-hydrogen) atoms. The fourth-order valence-electron chi connectivity index (χ4n) is 3.30. The third-order valence-electron chi connectivity index (χ3n) is 4.59. The predicted molar refractivity (Wildman–Crippen MR) is 99.5 cm³/mol. The van der Waals surface area contributed by atoms with Gasteiger partial charge in [0.1, 0.15) is 4.88 Å². The number of para-hydroxylation sites is 2. The Bertz CT molecular complexity index is 972. The number of nitrogens with zero attached hydrogens (tertiary/aromatic N) is 3. The van der Waals surface area contributed by atoms with Gasteiger partial charge in [-0.3, -0.25) is 14.0 Å². The summed E-state index contributed by atoms with van der Waals surface area (Å²) in [5.41, 5.74) is 1.32. The minimum Gasteiger partial charge on any atom is -0.350 e. The lowest BCUT2D eigenvalue weighted by Crippen LogP contribution is -2.37. The smallest absolute Gasteiger partial charge is 0.261 e. The number of hydrogen-bond acceptors (Lipinski definition) is 5. The highest BCUT2D eigenvalue weighted by Gasteiger charge is 2.14. The molecule has 0 radical (unpaired) electrons. The first-order chi connectivity index (χ1) is 12.2. The molecule has 3 heterocycles. The van der Waals surface area contributed by atoms with Crippen LogP contribution in [0, 0.1) is 0 Å². The van der Waals surface area contributed by atoms with E-state index >= 15 is 0 Å². The van der Waals surface area contributed by atoms with Gasteiger partial charge >= 0.3 is 0 Å². The molecule has 0 bridgehead atoms. The number of imidazole rings is 1. The van der Waals surface area contributed by atoms with Crippen molar-refractivity contribution in [1.82, 2.24) is 19.6 Å². The second-order valence-electron chi connectivity index (χ2n) is 6.33. The molecule has 1 amide bonds. The Hall–Kier alpha value is -2.25. The zero-order valence-corrected chi connectivity index (χ0v) is 14.7. The van der Waals surface area contributed by atoms with Crippen LogP contribution in [0.4, 0.5) is 0 Å². The van der Waals surface area contributed by atoms with Crippen LogP contribution in [-0.4, -0.2) is 46.4 Å². The molecule has 1 aliphatic rings. The summed E-state index contributed by atoms with van der Waals surface area (Å²) in [6.07, 6.45) is 3.77. The summed E-state index contributed by atoms with van der Waals surface area (Å²) in [7, 11) is 0. The van der Waals surface area contributed by atoms with Gasteiger partial charge < -0.3 is 10.2 Å². The van der Waals surface area contributed by atoms with Crippen LogP contribution in [0.3, 0.4) is 0 Å². The summed E-state index contributed by atoms with van der Waals surface area (Å²) >= 11 is 1.25. The van der Waals surface area contributed by atoms with E-state index in [9.17, 15) is 9.59 Å².